The first-order chi connectivity index (χ1) is 10.1. The molecule has 1 fully saturated rings. The van der Waals surface area contributed by atoms with Crippen LogP contribution in [0.15, 0.2) is 47.6 Å². The minimum absolute atomic E-state index is 0.0764. The second-order valence-electron chi connectivity index (χ2n) is 5.46. The Labute approximate surface area is 125 Å². The van der Waals surface area contributed by atoms with E-state index >= 15 is 0 Å². The number of hydrogen-bond donors (Lipinski definition) is 1. The molecule has 0 bridgehead atoms. The van der Waals surface area contributed by atoms with Crippen LogP contribution in [0.4, 0.5) is 0 Å². The average Bonchev–Trinajstić information content (AvgIpc) is 3.11. The molecule has 1 heterocycles. The number of rotatable bonds is 5. The quantitative estimate of drug-likeness (QED) is 0.920. The zero-order chi connectivity index (χ0) is 14.7. The summed E-state index contributed by atoms with van der Waals surface area (Å²) >= 11 is 0. The molecular weight excluding hydrogens is 286 g/mol. The van der Waals surface area contributed by atoms with E-state index in [4.69, 9.17) is 0 Å². The molecule has 1 aromatic heterocycles. The number of hydrogen-bond acceptors (Lipinski definition) is 3. The Morgan fingerprint density at radius 1 is 1.19 bits per heavy atom. The molecule has 0 amide bonds. The summed E-state index contributed by atoms with van der Waals surface area (Å²) in [5.74, 6) is 0. The van der Waals surface area contributed by atoms with Crippen molar-refractivity contribution < 1.29 is 8.42 Å². The van der Waals surface area contributed by atoms with Gasteiger partial charge >= 0.3 is 0 Å². The van der Waals surface area contributed by atoms with Crippen molar-refractivity contribution in [1.29, 1.82) is 0 Å². The molecule has 5 nitrogen and oxygen atoms in total. The number of nitrogens with one attached hydrogen (secondary N) is 1. The van der Waals surface area contributed by atoms with Gasteiger partial charge in [-0.25, -0.2) is 13.1 Å². The fourth-order valence-electron chi connectivity index (χ4n) is 2.67. The van der Waals surface area contributed by atoms with Crippen molar-refractivity contribution in [2.45, 2.75) is 43.2 Å². The van der Waals surface area contributed by atoms with E-state index in [-0.39, 0.29) is 10.9 Å². The van der Waals surface area contributed by atoms with Crippen LogP contribution in [0, 0.1) is 0 Å². The van der Waals surface area contributed by atoms with Gasteiger partial charge in [0, 0.05) is 12.2 Å². The Morgan fingerprint density at radius 2 is 1.90 bits per heavy atom. The second kappa shape index (κ2) is 5.99. The SMILES string of the molecule is O=S(=O)(NC1CCCC1)c1cnn(Cc2ccccc2)c1. The van der Waals surface area contributed by atoms with Crippen molar-refractivity contribution in [3.05, 3.63) is 48.3 Å². The first-order valence-electron chi connectivity index (χ1n) is 7.22. The average molecular weight is 305 g/mol. The van der Waals surface area contributed by atoms with Gasteiger partial charge in [-0.1, -0.05) is 43.2 Å². The maximum atomic E-state index is 12.3. The van der Waals surface area contributed by atoms with Crippen LogP contribution in [0.25, 0.3) is 0 Å². The lowest BCUT2D eigenvalue weighted by Crippen LogP contribution is -2.32. The van der Waals surface area contributed by atoms with Gasteiger partial charge in [0.05, 0.1) is 12.7 Å². The first kappa shape index (κ1) is 14.3. The molecule has 1 aliphatic carbocycles. The zero-order valence-corrected chi connectivity index (χ0v) is 12.6. The van der Waals surface area contributed by atoms with Crippen LogP contribution in [-0.4, -0.2) is 24.2 Å². The zero-order valence-electron chi connectivity index (χ0n) is 11.8. The third-order valence-corrected chi connectivity index (χ3v) is 5.26. The molecule has 21 heavy (non-hydrogen) atoms. The minimum Gasteiger partial charge on any atom is -0.267 e. The number of benzene rings is 1. The number of aromatic nitrogens is 2. The molecule has 0 atom stereocenters. The third kappa shape index (κ3) is 3.51. The van der Waals surface area contributed by atoms with Crippen molar-refractivity contribution in [2.75, 3.05) is 0 Å². The molecule has 2 aromatic rings. The van der Waals surface area contributed by atoms with Gasteiger partial charge in [0.2, 0.25) is 10.0 Å². The molecule has 6 heteroatoms. The van der Waals surface area contributed by atoms with Gasteiger partial charge in [-0.2, -0.15) is 5.10 Å². The first-order valence-corrected chi connectivity index (χ1v) is 8.70. The van der Waals surface area contributed by atoms with Crippen LogP contribution >= 0.6 is 0 Å². The highest BCUT2D eigenvalue weighted by atomic mass is 32.2. The van der Waals surface area contributed by atoms with Gasteiger partial charge in [0.1, 0.15) is 4.90 Å². The molecule has 1 aliphatic rings. The second-order valence-corrected chi connectivity index (χ2v) is 7.18. The molecule has 1 N–H and O–H groups in total. The molecular formula is C15H19N3O2S. The summed E-state index contributed by atoms with van der Waals surface area (Å²) in [4.78, 5) is 0.241. The number of nitrogens with zero attached hydrogens (tertiary/aromatic N) is 2. The predicted molar refractivity (Wildman–Crippen MR) is 80.3 cm³/mol. The van der Waals surface area contributed by atoms with Gasteiger partial charge in [0.15, 0.2) is 0 Å². The monoisotopic (exact) mass is 305 g/mol. The Balaban J connectivity index is 1.71. The van der Waals surface area contributed by atoms with Crippen molar-refractivity contribution in [2.24, 2.45) is 0 Å². The summed E-state index contributed by atoms with van der Waals surface area (Å²) in [6.07, 6.45) is 7.06. The largest absolute Gasteiger partial charge is 0.267 e. The summed E-state index contributed by atoms with van der Waals surface area (Å²) in [6, 6.07) is 9.93. The molecule has 0 radical (unpaired) electrons. The topological polar surface area (TPSA) is 64.0 Å². The smallest absolute Gasteiger partial charge is 0.243 e. The van der Waals surface area contributed by atoms with Crippen molar-refractivity contribution >= 4 is 10.0 Å². The van der Waals surface area contributed by atoms with Crippen molar-refractivity contribution in [1.82, 2.24) is 14.5 Å². The standard InChI is InChI=1S/C15H19N3O2S/c19-21(20,17-14-8-4-5-9-14)15-10-16-18(12-15)11-13-6-2-1-3-7-13/h1-3,6-7,10,12,14,17H,4-5,8-9,11H2. The Hall–Kier alpha value is -1.66. The van der Waals surface area contributed by atoms with E-state index in [9.17, 15) is 8.42 Å². The lowest BCUT2D eigenvalue weighted by molar-refractivity contribution is 0.552. The summed E-state index contributed by atoms with van der Waals surface area (Å²) in [5.41, 5.74) is 1.09. The minimum atomic E-state index is -3.45. The summed E-state index contributed by atoms with van der Waals surface area (Å²) in [7, 11) is -3.45. The maximum absolute atomic E-state index is 12.3. The van der Waals surface area contributed by atoms with Gasteiger partial charge in [0.25, 0.3) is 0 Å². The van der Waals surface area contributed by atoms with Crippen LogP contribution in [0.5, 0.6) is 0 Å². The molecule has 0 saturated heterocycles. The summed E-state index contributed by atoms with van der Waals surface area (Å²) in [6.45, 7) is 0.569. The highest BCUT2D eigenvalue weighted by Crippen LogP contribution is 2.20. The van der Waals surface area contributed by atoms with Gasteiger partial charge in [-0.3, -0.25) is 4.68 Å². The van der Waals surface area contributed by atoms with E-state index < -0.39 is 10.0 Å². The molecule has 0 aliphatic heterocycles. The Kier molecular flexibility index (Phi) is 4.07. The highest BCUT2D eigenvalue weighted by Gasteiger charge is 2.23. The van der Waals surface area contributed by atoms with Gasteiger partial charge < -0.3 is 0 Å². The van der Waals surface area contributed by atoms with E-state index in [1.165, 1.54) is 6.20 Å². The van der Waals surface area contributed by atoms with E-state index in [0.717, 1.165) is 31.2 Å². The van der Waals surface area contributed by atoms with E-state index in [2.05, 4.69) is 9.82 Å². The third-order valence-electron chi connectivity index (χ3n) is 3.78. The van der Waals surface area contributed by atoms with Crippen LogP contribution in [-0.2, 0) is 16.6 Å². The van der Waals surface area contributed by atoms with E-state index in [1.807, 2.05) is 30.3 Å². The van der Waals surface area contributed by atoms with Crippen LogP contribution in [0.3, 0.4) is 0 Å². The molecule has 0 spiro atoms. The normalized spacial score (nSPS) is 16.4. The molecule has 1 saturated carbocycles. The van der Waals surface area contributed by atoms with E-state index in [0.29, 0.717) is 6.54 Å². The lowest BCUT2D eigenvalue weighted by atomic mass is 10.2. The number of sulfonamides is 1. The van der Waals surface area contributed by atoms with E-state index in [1.54, 1.807) is 10.9 Å². The van der Waals surface area contributed by atoms with Gasteiger partial charge in [-0.05, 0) is 18.4 Å². The Bertz CT molecular complexity index is 689. The molecule has 0 unspecified atom stereocenters. The fourth-order valence-corrected chi connectivity index (χ4v) is 3.93. The molecule has 3 rings (SSSR count). The summed E-state index contributed by atoms with van der Waals surface area (Å²) in [5, 5.41) is 4.15. The highest BCUT2D eigenvalue weighted by molar-refractivity contribution is 7.89. The van der Waals surface area contributed by atoms with Crippen LogP contribution < -0.4 is 4.72 Å². The van der Waals surface area contributed by atoms with Crippen LogP contribution in [0.1, 0.15) is 31.2 Å². The molecule has 1 aromatic carbocycles. The molecule has 112 valence electrons. The summed E-state index contributed by atoms with van der Waals surface area (Å²) < 4.78 is 29.0. The maximum Gasteiger partial charge on any atom is 0.243 e. The Morgan fingerprint density at radius 3 is 2.62 bits per heavy atom. The van der Waals surface area contributed by atoms with Crippen molar-refractivity contribution in [3.8, 4) is 0 Å². The van der Waals surface area contributed by atoms with Gasteiger partial charge in [-0.15, -0.1) is 0 Å². The predicted octanol–water partition coefficient (Wildman–Crippen LogP) is 2.15. The lowest BCUT2D eigenvalue weighted by Gasteiger charge is -2.10. The fraction of sp³-hybridized carbons (Fsp3) is 0.400. The van der Waals surface area contributed by atoms with Crippen LogP contribution in [0.2, 0.25) is 0 Å². The van der Waals surface area contributed by atoms with Crippen molar-refractivity contribution in [3.63, 3.8) is 0 Å².